The van der Waals surface area contributed by atoms with Crippen LogP contribution in [0.15, 0.2) is 29.8 Å². The highest BCUT2D eigenvalue weighted by Gasteiger charge is 2.22. The van der Waals surface area contributed by atoms with Crippen molar-refractivity contribution in [3.63, 3.8) is 0 Å². The van der Waals surface area contributed by atoms with Crippen LogP contribution in [-0.4, -0.2) is 36.0 Å². The number of aromatic nitrogens is 1. The zero-order valence-electron chi connectivity index (χ0n) is 10.1. The van der Waals surface area contributed by atoms with Crippen LogP contribution >= 0.6 is 0 Å². The summed E-state index contributed by atoms with van der Waals surface area (Å²) in [6.45, 7) is 6.11. The summed E-state index contributed by atoms with van der Waals surface area (Å²) in [6, 6.07) is 1.50. The average molecular weight is 258 g/mol. The lowest BCUT2D eigenvalue weighted by Gasteiger charge is -2.13. The van der Waals surface area contributed by atoms with E-state index in [-0.39, 0.29) is 18.0 Å². The lowest BCUT2D eigenvalue weighted by molar-refractivity contribution is 0.271. The van der Waals surface area contributed by atoms with E-state index >= 15 is 0 Å². The number of rotatable bonds is 6. The molecule has 0 aliphatic heterocycles. The largest absolute Gasteiger partial charge is 0.390 e. The topological polar surface area (TPSA) is 62.5 Å². The third-order valence-corrected chi connectivity index (χ3v) is 4.35. The van der Waals surface area contributed by atoms with Crippen molar-refractivity contribution in [2.45, 2.75) is 25.0 Å². The van der Waals surface area contributed by atoms with E-state index in [9.17, 15) is 8.42 Å². The fourth-order valence-corrected chi connectivity index (χ4v) is 2.76. The molecule has 0 saturated carbocycles. The normalized spacial score (nSPS) is 12.0. The Hall–Kier alpha value is -1.11. The minimum atomic E-state index is -3.49. The van der Waals surface area contributed by atoms with Crippen molar-refractivity contribution in [3.8, 4) is 0 Å². The fourth-order valence-electron chi connectivity index (χ4n) is 1.55. The molecule has 1 heterocycles. The van der Waals surface area contributed by atoms with Crippen molar-refractivity contribution in [1.29, 1.82) is 0 Å². The second-order valence-corrected chi connectivity index (χ2v) is 5.73. The van der Waals surface area contributed by atoms with Crippen molar-refractivity contribution in [2.24, 2.45) is 0 Å². The van der Waals surface area contributed by atoms with Crippen LogP contribution in [0.3, 0.4) is 0 Å². The molecule has 1 N–H and O–H groups in total. The summed E-state index contributed by atoms with van der Waals surface area (Å²) in [5, 5.41) is 9.13. The van der Waals surface area contributed by atoms with Crippen LogP contribution in [-0.2, 0) is 23.2 Å². The van der Waals surface area contributed by atoms with E-state index in [1.165, 1.54) is 23.5 Å². The first kappa shape index (κ1) is 14.0. The summed E-state index contributed by atoms with van der Waals surface area (Å²) in [4.78, 5) is 0.202. The highest BCUT2D eigenvalue weighted by atomic mass is 32.2. The quantitative estimate of drug-likeness (QED) is 0.768. The second-order valence-electron chi connectivity index (χ2n) is 3.69. The summed E-state index contributed by atoms with van der Waals surface area (Å²) in [6.07, 6.45) is 3.07. The highest BCUT2D eigenvalue weighted by Crippen LogP contribution is 2.18. The molecule has 0 aliphatic rings. The first-order valence-electron chi connectivity index (χ1n) is 5.34. The van der Waals surface area contributed by atoms with E-state index in [0.717, 1.165) is 0 Å². The van der Waals surface area contributed by atoms with Gasteiger partial charge in [-0.3, -0.25) is 0 Å². The highest BCUT2D eigenvalue weighted by molar-refractivity contribution is 7.89. The number of nitrogens with zero attached hydrogens (tertiary/aromatic N) is 2. The van der Waals surface area contributed by atoms with Crippen molar-refractivity contribution >= 4 is 10.0 Å². The van der Waals surface area contributed by atoms with Crippen LogP contribution < -0.4 is 0 Å². The van der Waals surface area contributed by atoms with Crippen molar-refractivity contribution < 1.29 is 13.5 Å². The third kappa shape index (κ3) is 2.77. The van der Waals surface area contributed by atoms with Crippen LogP contribution in [0, 0.1) is 0 Å². The van der Waals surface area contributed by atoms with Crippen LogP contribution in [0.4, 0.5) is 0 Å². The maximum absolute atomic E-state index is 12.1. The average Bonchev–Trinajstić information content (AvgIpc) is 2.72. The molecule has 5 nitrogen and oxygen atoms in total. The molecule has 0 bridgehead atoms. The zero-order valence-corrected chi connectivity index (χ0v) is 10.9. The molecule has 0 aliphatic carbocycles. The van der Waals surface area contributed by atoms with Crippen LogP contribution in [0.1, 0.15) is 12.6 Å². The molecule has 1 aromatic rings. The summed E-state index contributed by atoms with van der Waals surface area (Å²) in [5.41, 5.74) is 0.595. The molecule has 0 amide bonds. The number of likely N-dealkylation sites (N-methyl/N-ethyl adjacent to an activating group) is 1. The Morgan fingerprint density at radius 1 is 1.59 bits per heavy atom. The Kier molecular flexibility index (Phi) is 4.50. The van der Waals surface area contributed by atoms with Crippen LogP contribution in [0.2, 0.25) is 0 Å². The standard InChI is InChI=1S/C11H18N2O3S/c1-4-6-12(3)17(15,16)11-7-10(9-14)13(5-2)8-11/h4,7-8,14H,1,5-6,9H2,2-3H3. The van der Waals surface area contributed by atoms with E-state index in [0.29, 0.717) is 12.2 Å². The molecule has 6 heteroatoms. The van der Waals surface area contributed by atoms with Crippen LogP contribution in [0.5, 0.6) is 0 Å². The summed E-state index contributed by atoms with van der Waals surface area (Å²) in [7, 11) is -1.99. The Labute approximate surface area is 102 Å². The van der Waals surface area contributed by atoms with Gasteiger partial charge in [0.2, 0.25) is 10.0 Å². The Bertz CT molecular complexity index is 469. The molecule has 0 aromatic carbocycles. The number of hydrogen-bond acceptors (Lipinski definition) is 3. The van der Waals surface area contributed by atoms with Gasteiger partial charge in [-0.15, -0.1) is 6.58 Å². The van der Waals surface area contributed by atoms with Crippen molar-refractivity contribution in [1.82, 2.24) is 8.87 Å². The molecule has 0 fully saturated rings. The van der Waals surface area contributed by atoms with Gasteiger partial charge < -0.3 is 9.67 Å². The van der Waals surface area contributed by atoms with E-state index in [1.54, 1.807) is 10.8 Å². The van der Waals surface area contributed by atoms with Gasteiger partial charge in [-0.1, -0.05) is 6.08 Å². The van der Waals surface area contributed by atoms with Gasteiger partial charge in [-0.2, -0.15) is 4.31 Å². The van der Waals surface area contributed by atoms with Crippen LogP contribution in [0.25, 0.3) is 0 Å². The van der Waals surface area contributed by atoms with E-state index in [1.807, 2.05) is 6.92 Å². The van der Waals surface area contributed by atoms with Gasteiger partial charge in [0, 0.05) is 32.0 Å². The lowest BCUT2D eigenvalue weighted by atomic mass is 10.4. The predicted molar refractivity (Wildman–Crippen MR) is 66.0 cm³/mol. The molecule has 0 saturated heterocycles. The maximum Gasteiger partial charge on any atom is 0.244 e. The smallest absolute Gasteiger partial charge is 0.244 e. The van der Waals surface area contributed by atoms with Gasteiger partial charge in [0.1, 0.15) is 4.90 Å². The molecule has 96 valence electrons. The Morgan fingerprint density at radius 3 is 2.65 bits per heavy atom. The maximum atomic E-state index is 12.1. The molecular weight excluding hydrogens is 240 g/mol. The third-order valence-electron chi connectivity index (χ3n) is 2.56. The van der Waals surface area contributed by atoms with Gasteiger partial charge in [-0.25, -0.2) is 8.42 Å². The van der Waals surface area contributed by atoms with Crippen molar-refractivity contribution in [3.05, 3.63) is 30.6 Å². The second kappa shape index (κ2) is 5.48. The monoisotopic (exact) mass is 258 g/mol. The zero-order chi connectivity index (χ0) is 13.1. The number of sulfonamides is 1. The Morgan fingerprint density at radius 2 is 2.24 bits per heavy atom. The van der Waals surface area contributed by atoms with Gasteiger partial charge >= 0.3 is 0 Å². The number of aryl methyl sites for hydroxylation is 1. The first-order chi connectivity index (χ1) is 7.97. The summed E-state index contributed by atoms with van der Waals surface area (Å²) >= 11 is 0. The van der Waals surface area contributed by atoms with Gasteiger partial charge in [0.15, 0.2) is 0 Å². The number of hydrogen-bond donors (Lipinski definition) is 1. The molecular formula is C11H18N2O3S. The van der Waals surface area contributed by atoms with E-state index in [2.05, 4.69) is 6.58 Å². The van der Waals surface area contributed by atoms with Crippen molar-refractivity contribution in [2.75, 3.05) is 13.6 Å². The minimum absolute atomic E-state index is 0.172. The first-order valence-corrected chi connectivity index (χ1v) is 6.78. The number of aliphatic hydroxyl groups excluding tert-OH is 1. The van der Waals surface area contributed by atoms with E-state index in [4.69, 9.17) is 5.11 Å². The fraction of sp³-hybridized carbons (Fsp3) is 0.455. The molecule has 0 unspecified atom stereocenters. The van der Waals surface area contributed by atoms with E-state index < -0.39 is 10.0 Å². The van der Waals surface area contributed by atoms with Gasteiger partial charge in [0.25, 0.3) is 0 Å². The molecule has 0 spiro atoms. The lowest BCUT2D eigenvalue weighted by Crippen LogP contribution is -2.26. The van der Waals surface area contributed by atoms with Gasteiger partial charge in [0.05, 0.1) is 6.61 Å². The molecule has 1 rings (SSSR count). The molecule has 17 heavy (non-hydrogen) atoms. The molecule has 1 aromatic heterocycles. The Balaban J connectivity index is 3.15. The molecule has 0 radical (unpaired) electrons. The molecule has 0 atom stereocenters. The summed E-state index contributed by atoms with van der Waals surface area (Å²) in [5.74, 6) is 0. The predicted octanol–water partition coefficient (Wildman–Crippen LogP) is 0.807. The SMILES string of the molecule is C=CCN(C)S(=O)(=O)c1cc(CO)n(CC)c1. The van der Waals surface area contributed by atoms with Gasteiger partial charge in [-0.05, 0) is 13.0 Å². The minimum Gasteiger partial charge on any atom is -0.390 e. The number of aliphatic hydroxyl groups is 1. The summed E-state index contributed by atoms with van der Waals surface area (Å²) < 4.78 is 27.1.